The highest BCUT2D eigenvalue weighted by Crippen LogP contribution is 2.32. The summed E-state index contributed by atoms with van der Waals surface area (Å²) in [5.74, 6) is 0.0877. The van der Waals surface area contributed by atoms with Crippen molar-refractivity contribution in [2.24, 2.45) is 0 Å². The molecule has 8 nitrogen and oxygen atoms in total. The Morgan fingerprint density at radius 3 is 2.81 bits per heavy atom. The molecule has 0 saturated heterocycles. The Bertz CT molecular complexity index is 1190. The van der Waals surface area contributed by atoms with Crippen molar-refractivity contribution >= 4 is 15.7 Å². The number of fused-ring (bicyclic) bond motifs is 1. The van der Waals surface area contributed by atoms with Crippen molar-refractivity contribution in [3.05, 3.63) is 77.6 Å². The summed E-state index contributed by atoms with van der Waals surface area (Å²) in [5, 5.41) is 9.42. The molecule has 1 unspecified atom stereocenters. The molecule has 0 fully saturated rings. The van der Waals surface area contributed by atoms with E-state index in [9.17, 15) is 13.7 Å². The molecule has 3 heterocycles. The standard InChI is InChI=1S/C23H26N6O2S/c1-2-8-32(30,31)29-14-20-9-18(11-24)5-6-23(20)28(15-21-13-26-17-27-21)16-22(29)10-19-4-3-7-25-12-19/h3-7,9,12-13,17,22H,2,8,10,14-16H2,1H3,(H,26,27). The molecule has 0 bridgehead atoms. The zero-order valence-electron chi connectivity index (χ0n) is 18.0. The fraction of sp³-hybridized carbons (Fsp3) is 0.348. The largest absolute Gasteiger partial charge is 0.364 e. The minimum absolute atomic E-state index is 0.0877. The van der Waals surface area contributed by atoms with Gasteiger partial charge in [-0.05, 0) is 48.2 Å². The Kier molecular flexibility index (Phi) is 6.53. The van der Waals surface area contributed by atoms with E-state index < -0.39 is 10.0 Å². The minimum atomic E-state index is -3.49. The third-order valence-electron chi connectivity index (χ3n) is 5.64. The number of pyridine rings is 1. The first-order valence-corrected chi connectivity index (χ1v) is 12.2. The number of sulfonamides is 1. The number of rotatable bonds is 7. The van der Waals surface area contributed by atoms with Crippen LogP contribution in [0.2, 0.25) is 0 Å². The van der Waals surface area contributed by atoms with Crippen LogP contribution in [0.5, 0.6) is 0 Å². The lowest BCUT2D eigenvalue weighted by Crippen LogP contribution is -2.46. The summed E-state index contributed by atoms with van der Waals surface area (Å²) < 4.78 is 28.3. The molecular weight excluding hydrogens is 424 g/mol. The van der Waals surface area contributed by atoms with Gasteiger partial charge in [-0.1, -0.05) is 13.0 Å². The normalized spacial score (nSPS) is 16.9. The van der Waals surface area contributed by atoms with Gasteiger partial charge in [-0.25, -0.2) is 13.4 Å². The number of nitriles is 1. The van der Waals surface area contributed by atoms with Gasteiger partial charge in [-0.3, -0.25) is 4.98 Å². The molecule has 32 heavy (non-hydrogen) atoms. The van der Waals surface area contributed by atoms with Crippen molar-refractivity contribution in [2.75, 3.05) is 17.2 Å². The molecule has 9 heteroatoms. The summed E-state index contributed by atoms with van der Waals surface area (Å²) in [6.45, 7) is 3.18. The summed E-state index contributed by atoms with van der Waals surface area (Å²) in [7, 11) is -3.49. The second-order valence-electron chi connectivity index (χ2n) is 7.99. The summed E-state index contributed by atoms with van der Waals surface area (Å²) >= 11 is 0. The second kappa shape index (κ2) is 9.51. The van der Waals surface area contributed by atoms with Gasteiger partial charge in [-0.2, -0.15) is 9.57 Å². The van der Waals surface area contributed by atoms with Crippen molar-refractivity contribution in [3.63, 3.8) is 0 Å². The number of H-pyrrole nitrogens is 1. The highest BCUT2D eigenvalue weighted by molar-refractivity contribution is 7.89. The van der Waals surface area contributed by atoms with E-state index in [-0.39, 0.29) is 18.3 Å². The van der Waals surface area contributed by atoms with Crippen molar-refractivity contribution in [1.82, 2.24) is 19.3 Å². The maximum absolute atomic E-state index is 13.3. The summed E-state index contributed by atoms with van der Waals surface area (Å²) in [5.41, 5.74) is 4.20. The van der Waals surface area contributed by atoms with E-state index >= 15 is 0 Å². The van der Waals surface area contributed by atoms with Crippen LogP contribution in [0.3, 0.4) is 0 Å². The number of hydrogen-bond acceptors (Lipinski definition) is 6. The Balaban J connectivity index is 1.79. The van der Waals surface area contributed by atoms with Gasteiger partial charge in [0.2, 0.25) is 10.0 Å². The van der Waals surface area contributed by atoms with E-state index in [4.69, 9.17) is 0 Å². The van der Waals surface area contributed by atoms with Crippen molar-refractivity contribution in [1.29, 1.82) is 5.26 Å². The fourth-order valence-corrected chi connectivity index (χ4v) is 5.90. The van der Waals surface area contributed by atoms with Crippen LogP contribution in [0.25, 0.3) is 0 Å². The average molecular weight is 451 g/mol. The van der Waals surface area contributed by atoms with Crippen LogP contribution in [0.1, 0.15) is 35.7 Å². The number of aromatic nitrogens is 3. The van der Waals surface area contributed by atoms with Crippen LogP contribution in [0, 0.1) is 11.3 Å². The van der Waals surface area contributed by atoms with E-state index in [1.807, 2.05) is 25.1 Å². The molecular formula is C23H26N6O2S. The highest BCUT2D eigenvalue weighted by atomic mass is 32.2. The Hall–Kier alpha value is -3.22. The smallest absolute Gasteiger partial charge is 0.214 e. The number of nitrogens with one attached hydrogen (secondary N) is 1. The number of imidazole rings is 1. The van der Waals surface area contributed by atoms with E-state index in [1.165, 1.54) is 0 Å². The zero-order valence-corrected chi connectivity index (χ0v) is 18.8. The third kappa shape index (κ3) is 4.82. The van der Waals surface area contributed by atoms with E-state index in [0.717, 1.165) is 22.5 Å². The molecule has 1 atom stereocenters. The topological polar surface area (TPSA) is 106 Å². The zero-order chi connectivity index (χ0) is 22.6. The first-order valence-electron chi connectivity index (χ1n) is 10.6. The van der Waals surface area contributed by atoms with Crippen molar-refractivity contribution < 1.29 is 8.42 Å². The third-order valence-corrected chi connectivity index (χ3v) is 7.71. The molecule has 3 aromatic rings. The quantitative estimate of drug-likeness (QED) is 0.593. The average Bonchev–Trinajstić information content (AvgIpc) is 3.24. The van der Waals surface area contributed by atoms with Crippen LogP contribution < -0.4 is 4.90 Å². The minimum Gasteiger partial charge on any atom is -0.364 e. The Morgan fingerprint density at radius 1 is 1.25 bits per heavy atom. The number of aromatic amines is 1. The van der Waals surface area contributed by atoms with Crippen LogP contribution >= 0.6 is 0 Å². The lowest BCUT2D eigenvalue weighted by molar-refractivity contribution is 0.317. The predicted molar refractivity (Wildman–Crippen MR) is 122 cm³/mol. The van der Waals surface area contributed by atoms with Crippen LogP contribution in [-0.2, 0) is 29.5 Å². The molecule has 2 aromatic heterocycles. The molecule has 166 valence electrons. The molecule has 1 aromatic carbocycles. The van der Waals surface area contributed by atoms with Gasteiger partial charge in [0.15, 0.2) is 0 Å². The van der Waals surface area contributed by atoms with Gasteiger partial charge < -0.3 is 9.88 Å². The first kappa shape index (κ1) is 22.0. The Morgan fingerprint density at radius 2 is 2.12 bits per heavy atom. The molecule has 0 saturated carbocycles. The first-order chi connectivity index (χ1) is 15.5. The second-order valence-corrected chi connectivity index (χ2v) is 10.0. The van der Waals surface area contributed by atoms with Crippen LogP contribution in [0.4, 0.5) is 5.69 Å². The Labute approximate surface area is 188 Å². The van der Waals surface area contributed by atoms with E-state index in [1.54, 1.807) is 41.4 Å². The molecule has 0 spiro atoms. The summed E-state index contributed by atoms with van der Waals surface area (Å²) in [4.78, 5) is 13.6. The fourth-order valence-electron chi connectivity index (χ4n) is 4.22. The van der Waals surface area contributed by atoms with Crippen LogP contribution in [0.15, 0.2) is 55.2 Å². The van der Waals surface area contributed by atoms with Gasteiger partial charge in [-0.15, -0.1) is 0 Å². The molecule has 1 aliphatic rings. The number of anilines is 1. The van der Waals surface area contributed by atoms with Crippen molar-refractivity contribution in [2.45, 2.75) is 38.9 Å². The van der Waals surface area contributed by atoms with Crippen LogP contribution in [-0.4, -0.2) is 46.0 Å². The monoisotopic (exact) mass is 450 g/mol. The molecule has 1 aliphatic heterocycles. The summed E-state index contributed by atoms with van der Waals surface area (Å²) in [6, 6.07) is 11.2. The van der Waals surface area contributed by atoms with Gasteiger partial charge >= 0.3 is 0 Å². The van der Waals surface area contributed by atoms with Gasteiger partial charge in [0.25, 0.3) is 0 Å². The molecule has 0 radical (unpaired) electrons. The molecule has 0 amide bonds. The number of nitrogens with zero attached hydrogens (tertiary/aromatic N) is 5. The summed E-state index contributed by atoms with van der Waals surface area (Å²) in [6.07, 6.45) is 8.01. The predicted octanol–water partition coefficient (Wildman–Crippen LogP) is 2.85. The highest BCUT2D eigenvalue weighted by Gasteiger charge is 2.35. The van der Waals surface area contributed by atoms with Gasteiger partial charge in [0, 0.05) is 43.4 Å². The lowest BCUT2D eigenvalue weighted by atomic mass is 10.1. The maximum Gasteiger partial charge on any atom is 0.214 e. The number of hydrogen-bond donors (Lipinski definition) is 1. The van der Waals surface area contributed by atoms with Gasteiger partial charge in [0.1, 0.15) is 0 Å². The van der Waals surface area contributed by atoms with E-state index in [0.29, 0.717) is 31.5 Å². The number of benzene rings is 1. The lowest BCUT2D eigenvalue weighted by Gasteiger charge is -2.32. The van der Waals surface area contributed by atoms with Gasteiger partial charge in [0.05, 0.1) is 36.0 Å². The maximum atomic E-state index is 13.3. The molecule has 1 N–H and O–H groups in total. The van der Waals surface area contributed by atoms with Crippen molar-refractivity contribution in [3.8, 4) is 6.07 Å². The molecule has 4 rings (SSSR count). The molecule has 0 aliphatic carbocycles. The SMILES string of the molecule is CCCS(=O)(=O)N1Cc2cc(C#N)ccc2N(Cc2cnc[nH]2)CC1Cc1cccnc1. The van der Waals surface area contributed by atoms with E-state index in [2.05, 4.69) is 25.9 Å².